The molecule has 1 aromatic rings. The fourth-order valence-electron chi connectivity index (χ4n) is 0.993. The van der Waals surface area contributed by atoms with Crippen LogP contribution in [0.4, 0.5) is 0 Å². The van der Waals surface area contributed by atoms with Crippen LogP contribution in [0.2, 0.25) is 0 Å². The van der Waals surface area contributed by atoms with E-state index in [4.69, 9.17) is 0 Å². The minimum atomic E-state index is -0.264. The highest BCUT2D eigenvalue weighted by atomic mass is 16.5. The second-order valence-electron chi connectivity index (χ2n) is 2.64. The lowest BCUT2D eigenvalue weighted by molar-refractivity contribution is -0.140. The lowest BCUT2D eigenvalue weighted by Crippen LogP contribution is -2.06. The van der Waals surface area contributed by atoms with Gasteiger partial charge in [-0.15, -0.1) is 0 Å². The van der Waals surface area contributed by atoms with Crippen molar-refractivity contribution in [2.75, 3.05) is 7.11 Å². The van der Waals surface area contributed by atoms with E-state index in [-0.39, 0.29) is 11.5 Å². The van der Waals surface area contributed by atoms with Crippen LogP contribution >= 0.6 is 0 Å². The average molecular weight is 181 g/mol. The van der Waals surface area contributed by atoms with Gasteiger partial charge in [0.15, 0.2) is 0 Å². The van der Waals surface area contributed by atoms with Gasteiger partial charge in [0.2, 0.25) is 5.56 Å². The molecule has 1 aromatic heterocycles. The number of nitrogens with one attached hydrogen (secondary N) is 1. The zero-order valence-corrected chi connectivity index (χ0v) is 7.37. The van der Waals surface area contributed by atoms with Gasteiger partial charge in [-0.3, -0.25) is 9.59 Å². The minimum absolute atomic E-state index is 0.151. The predicted octanol–water partition coefficient (Wildman–Crippen LogP) is 0.480. The maximum absolute atomic E-state index is 10.8. The highest BCUT2D eigenvalue weighted by molar-refractivity contribution is 5.69. The van der Waals surface area contributed by atoms with Crippen LogP contribution in [0.3, 0.4) is 0 Å². The summed E-state index contributed by atoms with van der Waals surface area (Å²) >= 11 is 0. The van der Waals surface area contributed by atoms with Gasteiger partial charge in [-0.2, -0.15) is 0 Å². The molecule has 1 N–H and O–H groups in total. The molecule has 4 nitrogen and oxygen atoms in total. The van der Waals surface area contributed by atoms with E-state index in [1.807, 2.05) is 0 Å². The molecule has 0 aliphatic rings. The van der Waals surface area contributed by atoms with E-state index in [2.05, 4.69) is 9.72 Å². The van der Waals surface area contributed by atoms with Crippen molar-refractivity contribution < 1.29 is 9.53 Å². The van der Waals surface area contributed by atoms with Crippen LogP contribution in [-0.2, 0) is 16.0 Å². The topological polar surface area (TPSA) is 59.2 Å². The number of carbonyl (C=O) groups is 1. The van der Waals surface area contributed by atoms with Crippen LogP contribution in [0, 0.1) is 0 Å². The number of hydrogen-bond acceptors (Lipinski definition) is 3. The lowest BCUT2D eigenvalue weighted by atomic mass is 10.1. The predicted molar refractivity (Wildman–Crippen MR) is 47.4 cm³/mol. The SMILES string of the molecule is COC(=O)CCc1cc[nH]c(=O)c1. The zero-order chi connectivity index (χ0) is 9.68. The molecule has 0 spiro atoms. The van der Waals surface area contributed by atoms with E-state index in [0.717, 1.165) is 5.56 Å². The Morgan fingerprint density at radius 2 is 2.38 bits per heavy atom. The second-order valence-corrected chi connectivity index (χ2v) is 2.64. The molecule has 0 saturated heterocycles. The third-order valence-corrected chi connectivity index (χ3v) is 1.68. The van der Waals surface area contributed by atoms with Crippen LogP contribution < -0.4 is 5.56 Å². The molecule has 13 heavy (non-hydrogen) atoms. The maximum atomic E-state index is 10.8. The van der Waals surface area contributed by atoms with Crippen molar-refractivity contribution in [3.05, 3.63) is 34.2 Å². The van der Waals surface area contributed by atoms with Crippen molar-refractivity contribution in [1.82, 2.24) is 4.98 Å². The molecule has 1 rings (SSSR count). The fourth-order valence-corrected chi connectivity index (χ4v) is 0.993. The molecule has 0 aliphatic heterocycles. The molecular formula is C9H11NO3. The molecular weight excluding hydrogens is 170 g/mol. The summed E-state index contributed by atoms with van der Waals surface area (Å²) in [5, 5.41) is 0. The van der Waals surface area contributed by atoms with Gasteiger partial charge in [0.25, 0.3) is 0 Å². The number of hydrogen-bond donors (Lipinski definition) is 1. The molecule has 0 aliphatic carbocycles. The molecule has 0 bridgehead atoms. The summed E-state index contributed by atoms with van der Waals surface area (Å²) in [7, 11) is 1.35. The summed E-state index contributed by atoms with van der Waals surface area (Å²) in [4.78, 5) is 24.1. The number of esters is 1. The van der Waals surface area contributed by atoms with Crippen molar-refractivity contribution in [2.45, 2.75) is 12.8 Å². The van der Waals surface area contributed by atoms with Gasteiger partial charge in [-0.25, -0.2) is 0 Å². The normalized spacial score (nSPS) is 9.62. The van der Waals surface area contributed by atoms with Crippen LogP contribution in [0.5, 0.6) is 0 Å². The Morgan fingerprint density at radius 3 is 3.00 bits per heavy atom. The summed E-state index contributed by atoms with van der Waals surface area (Å²) in [6, 6.07) is 3.24. The van der Waals surface area contributed by atoms with E-state index in [9.17, 15) is 9.59 Å². The molecule has 0 radical (unpaired) electrons. The Bertz CT molecular complexity index is 343. The minimum Gasteiger partial charge on any atom is -0.469 e. The number of H-pyrrole nitrogens is 1. The highest BCUT2D eigenvalue weighted by Gasteiger charge is 2.00. The standard InChI is InChI=1S/C9H11NO3/c1-13-9(12)3-2-7-4-5-10-8(11)6-7/h4-6H,2-3H2,1H3,(H,10,11). The number of aromatic amines is 1. The smallest absolute Gasteiger partial charge is 0.305 e. The van der Waals surface area contributed by atoms with E-state index in [1.54, 1.807) is 12.3 Å². The van der Waals surface area contributed by atoms with Crippen molar-refractivity contribution in [2.24, 2.45) is 0 Å². The van der Waals surface area contributed by atoms with Gasteiger partial charge in [0, 0.05) is 18.7 Å². The van der Waals surface area contributed by atoms with E-state index in [1.165, 1.54) is 13.2 Å². The molecule has 0 aromatic carbocycles. The first kappa shape index (κ1) is 9.51. The van der Waals surface area contributed by atoms with Crippen molar-refractivity contribution in [3.8, 4) is 0 Å². The Balaban J connectivity index is 2.55. The largest absolute Gasteiger partial charge is 0.469 e. The Hall–Kier alpha value is -1.58. The summed E-state index contributed by atoms with van der Waals surface area (Å²) in [6.45, 7) is 0. The fraction of sp³-hybridized carbons (Fsp3) is 0.333. The van der Waals surface area contributed by atoms with Crippen LogP contribution in [0.15, 0.2) is 23.1 Å². The number of carbonyl (C=O) groups excluding carboxylic acids is 1. The molecule has 0 unspecified atom stereocenters. The first-order valence-corrected chi connectivity index (χ1v) is 3.97. The van der Waals surface area contributed by atoms with Crippen molar-refractivity contribution >= 4 is 5.97 Å². The Morgan fingerprint density at radius 1 is 1.62 bits per heavy atom. The molecule has 4 heteroatoms. The van der Waals surface area contributed by atoms with Crippen molar-refractivity contribution in [1.29, 1.82) is 0 Å². The monoisotopic (exact) mass is 181 g/mol. The number of rotatable bonds is 3. The van der Waals surface area contributed by atoms with Gasteiger partial charge >= 0.3 is 5.97 Å². The van der Waals surface area contributed by atoms with Crippen molar-refractivity contribution in [3.63, 3.8) is 0 Å². The van der Waals surface area contributed by atoms with Crippen LogP contribution in [0.1, 0.15) is 12.0 Å². The molecule has 0 atom stereocenters. The Kier molecular flexibility index (Phi) is 3.25. The summed E-state index contributed by atoms with van der Waals surface area (Å²) in [5.41, 5.74) is 0.691. The number of aryl methyl sites for hydroxylation is 1. The maximum Gasteiger partial charge on any atom is 0.305 e. The molecule has 0 fully saturated rings. The highest BCUT2D eigenvalue weighted by Crippen LogP contribution is 1.99. The van der Waals surface area contributed by atoms with Gasteiger partial charge in [0.1, 0.15) is 0 Å². The molecule has 0 saturated carbocycles. The zero-order valence-electron chi connectivity index (χ0n) is 7.37. The third-order valence-electron chi connectivity index (χ3n) is 1.68. The van der Waals surface area contributed by atoms with E-state index < -0.39 is 0 Å². The van der Waals surface area contributed by atoms with E-state index in [0.29, 0.717) is 12.8 Å². The third kappa shape index (κ3) is 3.11. The van der Waals surface area contributed by atoms with Crippen LogP contribution in [0.25, 0.3) is 0 Å². The second kappa shape index (κ2) is 4.45. The van der Waals surface area contributed by atoms with Gasteiger partial charge < -0.3 is 9.72 Å². The van der Waals surface area contributed by atoms with Gasteiger partial charge in [-0.1, -0.05) is 0 Å². The van der Waals surface area contributed by atoms with Crippen LogP contribution in [-0.4, -0.2) is 18.1 Å². The van der Waals surface area contributed by atoms with Gasteiger partial charge in [-0.05, 0) is 18.1 Å². The number of ether oxygens (including phenoxy) is 1. The number of pyridine rings is 1. The first-order valence-electron chi connectivity index (χ1n) is 3.97. The Labute approximate surface area is 75.5 Å². The molecule has 70 valence electrons. The lowest BCUT2D eigenvalue weighted by Gasteiger charge is -1.98. The summed E-state index contributed by atoms with van der Waals surface area (Å²) in [5.74, 6) is -0.264. The molecule has 1 heterocycles. The number of methoxy groups -OCH3 is 1. The molecule has 0 amide bonds. The summed E-state index contributed by atoms with van der Waals surface area (Å²) in [6.07, 6.45) is 2.41. The summed E-state index contributed by atoms with van der Waals surface area (Å²) < 4.78 is 4.48. The van der Waals surface area contributed by atoms with Gasteiger partial charge in [0.05, 0.1) is 7.11 Å². The first-order chi connectivity index (χ1) is 6.22. The van der Waals surface area contributed by atoms with E-state index >= 15 is 0 Å². The average Bonchev–Trinajstić information content (AvgIpc) is 2.14. The quantitative estimate of drug-likeness (QED) is 0.690. The number of aromatic nitrogens is 1.